The quantitative estimate of drug-likeness (QED) is 0.527. The summed E-state index contributed by atoms with van der Waals surface area (Å²) in [4.78, 5) is 19.4. The molecule has 0 amide bonds. The zero-order valence-electron chi connectivity index (χ0n) is 13.3. The van der Waals surface area contributed by atoms with E-state index in [0.717, 1.165) is 18.2 Å². The lowest BCUT2D eigenvalue weighted by Crippen LogP contribution is -2.06. The fraction of sp³-hybridized carbons (Fsp3) is 0.0556. The normalized spacial score (nSPS) is 11.9. The predicted octanol–water partition coefficient (Wildman–Crippen LogP) is 4.40. The van der Waals surface area contributed by atoms with Gasteiger partial charge in [0.15, 0.2) is 0 Å². The minimum absolute atomic E-state index is 0.0254. The van der Waals surface area contributed by atoms with Crippen molar-refractivity contribution in [3.8, 4) is 22.8 Å². The first-order valence-corrected chi connectivity index (χ1v) is 7.65. The van der Waals surface area contributed by atoms with E-state index in [2.05, 4.69) is 15.1 Å². The van der Waals surface area contributed by atoms with Crippen molar-refractivity contribution in [3.63, 3.8) is 0 Å². The van der Waals surface area contributed by atoms with Gasteiger partial charge in [0.05, 0.1) is 5.56 Å². The fourth-order valence-corrected chi connectivity index (χ4v) is 2.61. The Morgan fingerprint density at radius 1 is 1.04 bits per heavy atom. The van der Waals surface area contributed by atoms with Gasteiger partial charge in [0.1, 0.15) is 11.4 Å². The van der Waals surface area contributed by atoms with Crippen LogP contribution in [0.2, 0.25) is 0 Å². The molecule has 1 N–H and O–H groups in total. The van der Waals surface area contributed by atoms with Crippen LogP contribution in [-0.2, 0) is 6.18 Å². The zero-order valence-corrected chi connectivity index (χ0v) is 13.3. The van der Waals surface area contributed by atoms with E-state index >= 15 is 0 Å². The zero-order chi connectivity index (χ0) is 19.2. The molecular weight excluding hydrogens is 366 g/mol. The van der Waals surface area contributed by atoms with Gasteiger partial charge < -0.3 is 9.51 Å². The highest BCUT2D eigenvalue weighted by molar-refractivity contribution is 5.82. The van der Waals surface area contributed by atoms with Gasteiger partial charge in [-0.1, -0.05) is 17.3 Å². The van der Waals surface area contributed by atoms with Crippen molar-refractivity contribution >= 4 is 10.9 Å². The summed E-state index contributed by atoms with van der Waals surface area (Å²) in [5.74, 6) is -0.670. The van der Waals surface area contributed by atoms with Crippen LogP contribution in [0.3, 0.4) is 0 Å². The second-order valence-electron chi connectivity index (χ2n) is 5.72. The highest BCUT2D eigenvalue weighted by Crippen LogP contribution is 2.30. The van der Waals surface area contributed by atoms with Crippen LogP contribution in [0.25, 0.3) is 33.7 Å². The number of rotatable bonds is 2. The van der Waals surface area contributed by atoms with E-state index in [1.165, 1.54) is 30.5 Å². The van der Waals surface area contributed by atoms with Crippen molar-refractivity contribution in [1.82, 2.24) is 15.1 Å². The summed E-state index contributed by atoms with van der Waals surface area (Å²) in [5, 5.41) is 3.81. The Morgan fingerprint density at radius 3 is 2.48 bits per heavy atom. The first kappa shape index (κ1) is 17.0. The maximum Gasteiger partial charge on any atom is 0.416 e. The minimum Gasteiger partial charge on any atom is -0.360 e. The smallest absolute Gasteiger partial charge is 0.360 e. The topological polar surface area (TPSA) is 71.8 Å². The SMILES string of the molecule is O=c1c(-c2nc(-c3ccc(C(F)(F)F)cc3)no2)c[nH]c2ccc(F)cc12. The minimum atomic E-state index is -4.45. The van der Waals surface area contributed by atoms with Gasteiger partial charge in [-0.15, -0.1) is 0 Å². The van der Waals surface area contributed by atoms with Crippen LogP contribution in [0.5, 0.6) is 0 Å². The van der Waals surface area contributed by atoms with Gasteiger partial charge >= 0.3 is 6.18 Å². The van der Waals surface area contributed by atoms with E-state index in [9.17, 15) is 22.4 Å². The summed E-state index contributed by atoms with van der Waals surface area (Å²) in [5.41, 5.74) is -0.554. The van der Waals surface area contributed by atoms with Crippen molar-refractivity contribution in [3.05, 3.63) is 70.3 Å². The Hall–Kier alpha value is -3.49. The van der Waals surface area contributed by atoms with Crippen LogP contribution in [-0.4, -0.2) is 15.1 Å². The van der Waals surface area contributed by atoms with Crippen LogP contribution in [0.1, 0.15) is 5.56 Å². The van der Waals surface area contributed by atoms with Crippen LogP contribution in [0.15, 0.2) is 58.0 Å². The first-order chi connectivity index (χ1) is 12.8. The summed E-state index contributed by atoms with van der Waals surface area (Å²) >= 11 is 0. The molecule has 0 spiro atoms. The second-order valence-corrected chi connectivity index (χ2v) is 5.72. The molecule has 2 aromatic heterocycles. The molecule has 0 aliphatic rings. The lowest BCUT2D eigenvalue weighted by Gasteiger charge is -2.05. The Bertz CT molecular complexity index is 1190. The van der Waals surface area contributed by atoms with Crippen molar-refractivity contribution in [2.75, 3.05) is 0 Å². The number of fused-ring (bicyclic) bond motifs is 1. The number of H-pyrrole nitrogens is 1. The van der Waals surface area contributed by atoms with E-state index in [1.807, 2.05) is 0 Å². The number of nitrogens with one attached hydrogen (secondary N) is 1. The van der Waals surface area contributed by atoms with Crippen LogP contribution >= 0.6 is 0 Å². The lowest BCUT2D eigenvalue weighted by atomic mass is 10.1. The highest BCUT2D eigenvalue weighted by atomic mass is 19.4. The average Bonchev–Trinajstić information content (AvgIpc) is 3.12. The van der Waals surface area contributed by atoms with E-state index < -0.39 is 23.0 Å². The average molecular weight is 375 g/mol. The molecule has 4 rings (SSSR count). The van der Waals surface area contributed by atoms with E-state index in [0.29, 0.717) is 11.1 Å². The Kier molecular flexibility index (Phi) is 3.79. The van der Waals surface area contributed by atoms with Crippen molar-refractivity contribution in [2.45, 2.75) is 6.18 Å². The molecule has 0 saturated carbocycles. The lowest BCUT2D eigenvalue weighted by molar-refractivity contribution is -0.137. The largest absolute Gasteiger partial charge is 0.416 e. The monoisotopic (exact) mass is 375 g/mol. The highest BCUT2D eigenvalue weighted by Gasteiger charge is 2.30. The molecule has 0 fully saturated rings. The Morgan fingerprint density at radius 2 is 1.78 bits per heavy atom. The molecule has 0 aliphatic carbocycles. The van der Waals surface area contributed by atoms with Gasteiger partial charge in [-0.3, -0.25) is 4.79 Å². The summed E-state index contributed by atoms with van der Waals surface area (Å²) in [6.45, 7) is 0. The van der Waals surface area contributed by atoms with Gasteiger partial charge in [-0.25, -0.2) is 4.39 Å². The predicted molar refractivity (Wildman–Crippen MR) is 88.3 cm³/mol. The number of alkyl halides is 3. The third kappa shape index (κ3) is 3.07. The fourth-order valence-electron chi connectivity index (χ4n) is 2.61. The summed E-state index contributed by atoms with van der Waals surface area (Å²) in [6.07, 6.45) is -3.10. The van der Waals surface area contributed by atoms with Gasteiger partial charge in [0.2, 0.25) is 11.3 Å². The summed E-state index contributed by atoms with van der Waals surface area (Å²) < 4.78 is 56.4. The molecule has 0 bridgehead atoms. The van der Waals surface area contributed by atoms with E-state index in [1.54, 1.807) is 0 Å². The van der Waals surface area contributed by atoms with Gasteiger partial charge in [-0.05, 0) is 30.3 Å². The molecule has 0 aliphatic heterocycles. The molecule has 4 aromatic rings. The number of aromatic amines is 1. The molecule has 5 nitrogen and oxygen atoms in total. The molecular formula is C18H9F4N3O2. The second kappa shape index (κ2) is 6.04. The number of aromatic nitrogens is 3. The number of hydrogen-bond acceptors (Lipinski definition) is 4. The Balaban J connectivity index is 1.74. The van der Waals surface area contributed by atoms with Crippen LogP contribution in [0, 0.1) is 5.82 Å². The number of pyridine rings is 1. The Labute approximate surface area is 148 Å². The molecule has 27 heavy (non-hydrogen) atoms. The molecule has 0 saturated heterocycles. The van der Waals surface area contributed by atoms with E-state index in [4.69, 9.17) is 4.52 Å². The molecule has 0 unspecified atom stereocenters. The first-order valence-electron chi connectivity index (χ1n) is 7.65. The summed E-state index contributed by atoms with van der Waals surface area (Å²) in [7, 11) is 0. The molecule has 9 heteroatoms. The maximum absolute atomic E-state index is 13.4. The molecule has 0 atom stereocenters. The molecule has 2 aromatic carbocycles. The number of hydrogen-bond donors (Lipinski definition) is 1. The third-order valence-corrected chi connectivity index (χ3v) is 3.97. The maximum atomic E-state index is 13.4. The van der Waals surface area contributed by atoms with Gasteiger partial charge in [-0.2, -0.15) is 18.2 Å². The van der Waals surface area contributed by atoms with Crippen molar-refractivity contribution < 1.29 is 22.1 Å². The molecule has 136 valence electrons. The third-order valence-electron chi connectivity index (χ3n) is 3.97. The van der Waals surface area contributed by atoms with Crippen molar-refractivity contribution in [2.24, 2.45) is 0 Å². The standard InChI is InChI=1S/C18H9F4N3O2/c19-11-5-6-14-12(7-11)15(26)13(8-23-14)17-24-16(25-27-17)9-1-3-10(4-2-9)18(20,21)22/h1-8H,(H,23,26). The number of benzene rings is 2. The molecule has 0 radical (unpaired) electrons. The molecule has 2 heterocycles. The number of nitrogens with zero attached hydrogens (tertiary/aromatic N) is 2. The van der Waals surface area contributed by atoms with Gasteiger partial charge in [0, 0.05) is 22.7 Å². The van der Waals surface area contributed by atoms with Gasteiger partial charge in [0.25, 0.3) is 5.89 Å². The summed E-state index contributed by atoms with van der Waals surface area (Å²) in [6, 6.07) is 7.94. The van der Waals surface area contributed by atoms with Crippen LogP contribution in [0.4, 0.5) is 17.6 Å². The van der Waals surface area contributed by atoms with Crippen molar-refractivity contribution in [1.29, 1.82) is 0 Å². The van der Waals surface area contributed by atoms with Crippen LogP contribution < -0.4 is 5.43 Å². The van der Waals surface area contributed by atoms with E-state index in [-0.39, 0.29) is 22.7 Å². The number of halogens is 4.